The summed E-state index contributed by atoms with van der Waals surface area (Å²) < 4.78 is 18.2. The van der Waals surface area contributed by atoms with Gasteiger partial charge in [-0.25, -0.2) is 4.39 Å². The zero-order chi connectivity index (χ0) is 12.1. The van der Waals surface area contributed by atoms with Crippen LogP contribution in [0.15, 0.2) is 18.2 Å². The van der Waals surface area contributed by atoms with Crippen LogP contribution in [0, 0.1) is 5.82 Å². The van der Waals surface area contributed by atoms with Crippen LogP contribution in [0.2, 0.25) is 0 Å². The summed E-state index contributed by atoms with van der Waals surface area (Å²) in [5.41, 5.74) is -0.109. The first-order valence-corrected chi connectivity index (χ1v) is 4.65. The van der Waals surface area contributed by atoms with Crippen molar-refractivity contribution >= 4 is 11.7 Å². The van der Waals surface area contributed by atoms with Crippen LogP contribution in [-0.4, -0.2) is 25.3 Å². The largest absolute Gasteiger partial charge is 0.497 e. The number of nitrogens with one attached hydrogen (secondary N) is 1. The topological polar surface area (TPSA) is 55.4 Å². The first-order chi connectivity index (χ1) is 7.54. The molecule has 0 heterocycles. The smallest absolute Gasteiger partial charge is 0.254 e. The summed E-state index contributed by atoms with van der Waals surface area (Å²) in [4.78, 5) is 22.1. The number of carbonyl (C=O) groups excluding carboxylic acids is 2. The van der Waals surface area contributed by atoms with Crippen LogP contribution < -0.4 is 10.1 Å². The predicted molar refractivity (Wildman–Crippen MR) is 56.0 cm³/mol. The fourth-order valence-corrected chi connectivity index (χ4v) is 1.11. The first kappa shape index (κ1) is 12.2. The third-order valence-corrected chi connectivity index (χ3v) is 1.92. The van der Waals surface area contributed by atoms with E-state index in [1.165, 1.54) is 26.2 Å². The molecule has 1 aromatic carbocycles. The Kier molecular flexibility index (Phi) is 3.99. The SMILES string of the molecule is COc1ccc(C(=O)NCC(C)=O)c(F)c1. The summed E-state index contributed by atoms with van der Waals surface area (Å²) >= 11 is 0. The zero-order valence-corrected chi connectivity index (χ0v) is 9.04. The van der Waals surface area contributed by atoms with Crippen LogP contribution in [0.5, 0.6) is 5.75 Å². The number of rotatable bonds is 4. The normalized spacial score (nSPS) is 9.69. The summed E-state index contributed by atoms with van der Waals surface area (Å²) in [7, 11) is 1.41. The fraction of sp³-hybridized carbons (Fsp3) is 0.273. The van der Waals surface area contributed by atoms with E-state index in [9.17, 15) is 14.0 Å². The molecule has 0 unspecified atom stereocenters. The van der Waals surface area contributed by atoms with E-state index >= 15 is 0 Å². The van der Waals surface area contributed by atoms with Crippen molar-refractivity contribution in [2.45, 2.75) is 6.92 Å². The monoisotopic (exact) mass is 225 g/mol. The lowest BCUT2D eigenvalue weighted by Gasteiger charge is -2.05. The highest BCUT2D eigenvalue weighted by Gasteiger charge is 2.12. The molecule has 0 spiro atoms. The lowest BCUT2D eigenvalue weighted by atomic mass is 10.2. The van der Waals surface area contributed by atoms with Gasteiger partial charge in [-0.1, -0.05) is 0 Å². The van der Waals surface area contributed by atoms with Crippen molar-refractivity contribution in [1.29, 1.82) is 0 Å². The Bertz CT molecular complexity index is 418. The molecule has 5 heteroatoms. The van der Waals surface area contributed by atoms with E-state index in [2.05, 4.69) is 5.32 Å². The molecule has 1 rings (SSSR count). The molecule has 0 fully saturated rings. The Labute approximate surface area is 92.4 Å². The Balaban J connectivity index is 2.79. The van der Waals surface area contributed by atoms with E-state index in [1.54, 1.807) is 0 Å². The van der Waals surface area contributed by atoms with Crippen molar-refractivity contribution in [3.8, 4) is 5.75 Å². The lowest BCUT2D eigenvalue weighted by molar-refractivity contribution is -0.116. The van der Waals surface area contributed by atoms with E-state index in [1.807, 2.05) is 0 Å². The van der Waals surface area contributed by atoms with Crippen LogP contribution in [0.25, 0.3) is 0 Å². The number of ketones is 1. The van der Waals surface area contributed by atoms with Gasteiger partial charge in [0.1, 0.15) is 17.3 Å². The van der Waals surface area contributed by atoms with E-state index in [0.29, 0.717) is 5.75 Å². The van der Waals surface area contributed by atoms with Crippen LogP contribution in [-0.2, 0) is 4.79 Å². The molecule has 86 valence electrons. The molecule has 0 radical (unpaired) electrons. The highest BCUT2D eigenvalue weighted by molar-refractivity contribution is 5.96. The van der Waals surface area contributed by atoms with Gasteiger partial charge in [0.25, 0.3) is 5.91 Å². The molecule has 0 aliphatic carbocycles. The van der Waals surface area contributed by atoms with Crippen molar-refractivity contribution in [2.24, 2.45) is 0 Å². The standard InChI is InChI=1S/C11H12FNO3/c1-7(14)6-13-11(15)9-4-3-8(16-2)5-10(9)12/h3-5H,6H2,1-2H3,(H,13,15). The van der Waals surface area contributed by atoms with E-state index < -0.39 is 11.7 Å². The Morgan fingerprint density at radius 1 is 1.44 bits per heavy atom. The van der Waals surface area contributed by atoms with Crippen molar-refractivity contribution < 1.29 is 18.7 Å². The molecule has 1 amide bonds. The lowest BCUT2D eigenvalue weighted by Crippen LogP contribution is -2.28. The number of hydrogen-bond acceptors (Lipinski definition) is 3. The third kappa shape index (κ3) is 3.05. The highest BCUT2D eigenvalue weighted by atomic mass is 19.1. The van der Waals surface area contributed by atoms with Crippen LogP contribution in [0.4, 0.5) is 4.39 Å². The molecule has 0 saturated heterocycles. The highest BCUT2D eigenvalue weighted by Crippen LogP contribution is 2.15. The number of halogens is 1. The van der Waals surface area contributed by atoms with Gasteiger partial charge in [0.05, 0.1) is 19.2 Å². The second kappa shape index (κ2) is 5.25. The minimum absolute atomic E-state index is 0.107. The van der Waals surface area contributed by atoms with Gasteiger partial charge in [0.15, 0.2) is 0 Å². The summed E-state index contributed by atoms with van der Waals surface area (Å²) in [6.45, 7) is 1.23. The van der Waals surface area contributed by atoms with Gasteiger partial charge >= 0.3 is 0 Å². The van der Waals surface area contributed by atoms with Gasteiger partial charge in [0, 0.05) is 6.07 Å². The summed E-state index contributed by atoms with van der Waals surface area (Å²) in [5, 5.41) is 2.31. The quantitative estimate of drug-likeness (QED) is 0.836. The Hall–Kier alpha value is -1.91. The van der Waals surface area contributed by atoms with Gasteiger partial charge in [-0.3, -0.25) is 9.59 Å². The number of amides is 1. The van der Waals surface area contributed by atoms with Crippen LogP contribution in [0.3, 0.4) is 0 Å². The molecule has 0 aliphatic rings. The molecule has 4 nitrogen and oxygen atoms in total. The van der Waals surface area contributed by atoms with Gasteiger partial charge in [-0.15, -0.1) is 0 Å². The molecule has 0 bridgehead atoms. The first-order valence-electron chi connectivity index (χ1n) is 4.65. The molecule has 1 N–H and O–H groups in total. The molecular weight excluding hydrogens is 213 g/mol. The van der Waals surface area contributed by atoms with Crippen LogP contribution >= 0.6 is 0 Å². The van der Waals surface area contributed by atoms with E-state index in [4.69, 9.17) is 4.74 Å². The Morgan fingerprint density at radius 3 is 2.62 bits per heavy atom. The molecule has 0 aromatic heterocycles. The molecule has 0 aliphatic heterocycles. The fourth-order valence-electron chi connectivity index (χ4n) is 1.11. The number of hydrogen-bond donors (Lipinski definition) is 1. The summed E-state index contributed by atoms with van der Waals surface area (Å²) in [6, 6.07) is 3.90. The van der Waals surface area contributed by atoms with Crippen molar-refractivity contribution in [2.75, 3.05) is 13.7 Å². The number of carbonyl (C=O) groups is 2. The third-order valence-electron chi connectivity index (χ3n) is 1.92. The molecule has 1 aromatic rings. The zero-order valence-electron chi connectivity index (χ0n) is 9.04. The minimum atomic E-state index is -0.680. The van der Waals surface area contributed by atoms with Gasteiger partial charge < -0.3 is 10.1 Å². The maximum absolute atomic E-state index is 13.4. The molecular formula is C11H12FNO3. The van der Waals surface area contributed by atoms with E-state index in [0.717, 1.165) is 6.07 Å². The van der Waals surface area contributed by atoms with E-state index in [-0.39, 0.29) is 17.9 Å². The van der Waals surface area contributed by atoms with Crippen molar-refractivity contribution in [3.05, 3.63) is 29.6 Å². The second-order valence-electron chi connectivity index (χ2n) is 3.23. The number of benzene rings is 1. The van der Waals surface area contributed by atoms with Crippen molar-refractivity contribution in [1.82, 2.24) is 5.32 Å². The second-order valence-corrected chi connectivity index (χ2v) is 3.23. The maximum atomic E-state index is 13.4. The number of Topliss-reactive ketones (excluding diaryl/α,β-unsaturated/α-hetero) is 1. The van der Waals surface area contributed by atoms with Gasteiger partial charge in [0.2, 0.25) is 0 Å². The van der Waals surface area contributed by atoms with Crippen LogP contribution in [0.1, 0.15) is 17.3 Å². The molecule has 0 saturated carbocycles. The molecule has 0 atom stereocenters. The van der Waals surface area contributed by atoms with Crippen molar-refractivity contribution in [3.63, 3.8) is 0 Å². The molecule has 16 heavy (non-hydrogen) atoms. The number of methoxy groups -OCH3 is 1. The average molecular weight is 225 g/mol. The minimum Gasteiger partial charge on any atom is -0.497 e. The van der Waals surface area contributed by atoms with Gasteiger partial charge in [-0.2, -0.15) is 0 Å². The maximum Gasteiger partial charge on any atom is 0.254 e. The Morgan fingerprint density at radius 2 is 2.12 bits per heavy atom. The summed E-state index contributed by atoms with van der Waals surface area (Å²) in [6.07, 6.45) is 0. The number of ether oxygens (including phenoxy) is 1. The average Bonchev–Trinajstić information content (AvgIpc) is 2.25. The van der Waals surface area contributed by atoms with Gasteiger partial charge in [-0.05, 0) is 19.1 Å². The summed E-state index contributed by atoms with van der Waals surface area (Å²) in [5.74, 6) is -1.15. The predicted octanol–water partition coefficient (Wildman–Crippen LogP) is 1.15.